The predicted octanol–water partition coefficient (Wildman–Crippen LogP) is 1.62. The highest BCUT2D eigenvalue weighted by Crippen LogP contribution is 2.36. The van der Waals surface area contributed by atoms with Crippen molar-refractivity contribution in [1.82, 2.24) is 0 Å². The molecular weight excluding hydrogens is 188 g/mol. The van der Waals surface area contributed by atoms with Gasteiger partial charge in [0, 0.05) is 0 Å². The van der Waals surface area contributed by atoms with Crippen LogP contribution >= 0.6 is 11.8 Å². The van der Waals surface area contributed by atoms with Crippen LogP contribution in [0, 0.1) is 0 Å². The molecule has 0 aromatic heterocycles. The van der Waals surface area contributed by atoms with Crippen LogP contribution in [0.15, 0.2) is 29.2 Å². The standard InChI is InChI=1S/C9H8O3S/c10-9(11)8-5-12-6-3-1-2-4-7(6)13-8/h1-4,8H,5H2,(H,10,11). The zero-order valence-electron chi connectivity index (χ0n) is 6.77. The fraction of sp³-hybridized carbons (Fsp3) is 0.222. The highest BCUT2D eigenvalue weighted by molar-refractivity contribution is 8.00. The molecule has 1 N–H and O–H groups in total. The van der Waals surface area contributed by atoms with E-state index in [1.807, 2.05) is 24.3 Å². The number of carbonyl (C=O) groups is 1. The van der Waals surface area contributed by atoms with Crippen LogP contribution in [0.25, 0.3) is 0 Å². The minimum atomic E-state index is -0.820. The van der Waals surface area contributed by atoms with Gasteiger partial charge in [0.25, 0.3) is 0 Å². The van der Waals surface area contributed by atoms with Gasteiger partial charge in [-0.1, -0.05) is 12.1 Å². The maximum Gasteiger partial charge on any atom is 0.320 e. The summed E-state index contributed by atoms with van der Waals surface area (Å²) in [6, 6.07) is 7.47. The molecule has 0 radical (unpaired) electrons. The van der Waals surface area contributed by atoms with Crippen molar-refractivity contribution in [2.24, 2.45) is 0 Å². The summed E-state index contributed by atoms with van der Waals surface area (Å²) < 4.78 is 5.30. The minimum absolute atomic E-state index is 0.247. The van der Waals surface area contributed by atoms with Crippen LogP contribution in [0.4, 0.5) is 0 Å². The fourth-order valence-electron chi connectivity index (χ4n) is 1.14. The van der Waals surface area contributed by atoms with Crippen LogP contribution in [0.3, 0.4) is 0 Å². The molecule has 0 bridgehead atoms. The van der Waals surface area contributed by atoms with E-state index in [0.717, 1.165) is 10.6 Å². The van der Waals surface area contributed by atoms with Gasteiger partial charge in [0.1, 0.15) is 17.6 Å². The van der Waals surface area contributed by atoms with Crippen molar-refractivity contribution in [3.8, 4) is 5.75 Å². The molecule has 3 nitrogen and oxygen atoms in total. The molecule has 1 unspecified atom stereocenters. The van der Waals surface area contributed by atoms with Crippen molar-refractivity contribution in [2.75, 3.05) is 6.61 Å². The van der Waals surface area contributed by atoms with Crippen LogP contribution in [-0.2, 0) is 4.79 Å². The smallest absolute Gasteiger partial charge is 0.320 e. The van der Waals surface area contributed by atoms with E-state index in [1.165, 1.54) is 11.8 Å². The minimum Gasteiger partial charge on any atom is -0.491 e. The monoisotopic (exact) mass is 196 g/mol. The number of carboxylic acids is 1. The molecular formula is C9H8O3S. The van der Waals surface area contributed by atoms with Crippen LogP contribution in [-0.4, -0.2) is 22.9 Å². The van der Waals surface area contributed by atoms with E-state index in [1.54, 1.807) is 0 Å². The number of ether oxygens (including phenoxy) is 1. The van der Waals surface area contributed by atoms with Crippen molar-refractivity contribution in [2.45, 2.75) is 10.1 Å². The van der Waals surface area contributed by atoms with Gasteiger partial charge in [0.15, 0.2) is 0 Å². The summed E-state index contributed by atoms with van der Waals surface area (Å²) in [6.45, 7) is 0.247. The molecule has 1 aliphatic rings. The topological polar surface area (TPSA) is 46.5 Å². The van der Waals surface area contributed by atoms with Crippen molar-refractivity contribution >= 4 is 17.7 Å². The predicted molar refractivity (Wildman–Crippen MR) is 49.2 cm³/mol. The summed E-state index contributed by atoms with van der Waals surface area (Å²) in [6.07, 6.45) is 0. The van der Waals surface area contributed by atoms with Gasteiger partial charge in [0.05, 0.1) is 4.90 Å². The normalized spacial score (nSPS) is 20.2. The van der Waals surface area contributed by atoms with Crippen LogP contribution in [0.1, 0.15) is 0 Å². The Morgan fingerprint density at radius 1 is 1.54 bits per heavy atom. The van der Waals surface area contributed by atoms with Crippen molar-refractivity contribution in [3.05, 3.63) is 24.3 Å². The van der Waals surface area contributed by atoms with E-state index >= 15 is 0 Å². The van der Waals surface area contributed by atoms with Gasteiger partial charge in [-0.05, 0) is 12.1 Å². The second-order valence-electron chi connectivity index (χ2n) is 2.70. The first-order valence-corrected chi connectivity index (χ1v) is 4.76. The number of thioether (sulfide) groups is 1. The molecule has 13 heavy (non-hydrogen) atoms. The number of carboxylic acid groups (broad SMARTS) is 1. The number of para-hydroxylation sites is 1. The molecule has 0 fully saturated rings. The van der Waals surface area contributed by atoms with E-state index in [-0.39, 0.29) is 6.61 Å². The van der Waals surface area contributed by atoms with E-state index in [0.29, 0.717) is 0 Å². The summed E-state index contributed by atoms with van der Waals surface area (Å²) in [7, 11) is 0. The zero-order valence-corrected chi connectivity index (χ0v) is 7.58. The quantitative estimate of drug-likeness (QED) is 0.741. The summed E-state index contributed by atoms with van der Waals surface area (Å²) in [5.41, 5.74) is 0. The van der Waals surface area contributed by atoms with Gasteiger partial charge < -0.3 is 9.84 Å². The van der Waals surface area contributed by atoms with E-state index in [2.05, 4.69) is 0 Å². The highest BCUT2D eigenvalue weighted by Gasteiger charge is 2.25. The molecule has 1 aliphatic heterocycles. The lowest BCUT2D eigenvalue weighted by Crippen LogP contribution is -2.27. The molecule has 0 saturated carbocycles. The first-order chi connectivity index (χ1) is 6.27. The number of benzene rings is 1. The lowest BCUT2D eigenvalue weighted by atomic mass is 10.3. The Labute approximate surface area is 79.7 Å². The van der Waals surface area contributed by atoms with E-state index in [9.17, 15) is 4.79 Å². The average molecular weight is 196 g/mol. The summed E-state index contributed by atoms with van der Waals surface area (Å²) >= 11 is 1.34. The maximum absolute atomic E-state index is 10.7. The third-order valence-electron chi connectivity index (χ3n) is 1.78. The molecule has 1 aromatic carbocycles. The Hall–Kier alpha value is -1.16. The Morgan fingerprint density at radius 3 is 3.08 bits per heavy atom. The van der Waals surface area contributed by atoms with Crippen LogP contribution in [0.5, 0.6) is 5.75 Å². The SMILES string of the molecule is O=C(O)C1COc2ccccc2S1. The molecule has 0 spiro atoms. The number of rotatable bonds is 1. The van der Waals surface area contributed by atoms with Crippen molar-refractivity contribution in [3.63, 3.8) is 0 Å². The molecule has 1 aromatic rings. The van der Waals surface area contributed by atoms with Gasteiger partial charge in [-0.3, -0.25) is 4.79 Å². The second-order valence-corrected chi connectivity index (χ2v) is 3.95. The number of hydrogen-bond donors (Lipinski definition) is 1. The molecule has 68 valence electrons. The van der Waals surface area contributed by atoms with Gasteiger partial charge in [-0.25, -0.2) is 0 Å². The molecule has 4 heteroatoms. The molecule has 0 saturated heterocycles. The van der Waals surface area contributed by atoms with Crippen LogP contribution < -0.4 is 4.74 Å². The van der Waals surface area contributed by atoms with Crippen molar-refractivity contribution < 1.29 is 14.6 Å². The molecule has 1 heterocycles. The van der Waals surface area contributed by atoms with Crippen molar-refractivity contribution in [1.29, 1.82) is 0 Å². The van der Waals surface area contributed by atoms with Gasteiger partial charge in [-0.15, -0.1) is 11.8 Å². The summed E-state index contributed by atoms with van der Waals surface area (Å²) in [4.78, 5) is 11.6. The summed E-state index contributed by atoms with van der Waals surface area (Å²) in [5, 5.41) is 8.29. The number of hydrogen-bond acceptors (Lipinski definition) is 3. The lowest BCUT2D eigenvalue weighted by molar-refractivity contribution is -0.137. The van der Waals surface area contributed by atoms with Crippen LogP contribution in [0.2, 0.25) is 0 Å². The zero-order chi connectivity index (χ0) is 9.26. The van der Waals surface area contributed by atoms with E-state index in [4.69, 9.17) is 9.84 Å². The Balaban J connectivity index is 2.24. The summed E-state index contributed by atoms with van der Waals surface area (Å²) in [5.74, 6) is -0.0375. The number of aliphatic carboxylic acids is 1. The molecule has 1 atom stereocenters. The fourth-order valence-corrected chi connectivity index (χ4v) is 2.08. The molecule has 2 rings (SSSR count). The number of fused-ring (bicyclic) bond motifs is 1. The average Bonchev–Trinajstić information content (AvgIpc) is 2.17. The van der Waals surface area contributed by atoms with Gasteiger partial charge in [0.2, 0.25) is 0 Å². The third-order valence-corrected chi connectivity index (χ3v) is 3.00. The molecule has 0 amide bonds. The lowest BCUT2D eigenvalue weighted by Gasteiger charge is -2.21. The maximum atomic E-state index is 10.7. The third kappa shape index (κ3) is 1.62. The first kappa shape index (κ1) is 8.44. The largest absolute Gasteiger partial charge is 0.491 e. The van der Waals surface area contributed by atoms with Gasteiger partial charge in [-0.2, -0.15) is 0 Å². The Bertz CT molecular complexity index is 337. The first-order valence-electron chi connectivity index (χ1n) is 3.88. The highest BCUT2D eigenvalue weighted by atomic mass is 32.2. The van der Waals surface area contributed by atoms with E-state index < -0.39 is 11.2 Å². The Morgan fingerprint density at radius 2 is 2.31 bits per heavy atom. The Kier molecular flexibility index (Phi) is 2.14. The van der Waals surface area contributed by atoms with Gasteiger partial charge >= 0.3 is 5.97 Å². The second kappa shape index (κ2) is 3.30. The molecule has 0 aliphatic carbocycles.